The highest BCUT2D eigenvalue weighted by Crippen LogP contribution is 2.20. The monoisotopic (exact) mass is 232 g/mol. The summed E-state index contributed by atoms with van der Waals surface area (Å²) in [6.07, 6.45) is 2.52. The van der Waals surface area contributed by atoms with E-state index in [0.29, 0.717) is 12.2 Å². The molecule has 0 saturated carbocycles. The van der Waals surface area contributed by atoms with E-state index in [9.17, 15) is 4.79 Å². The van der Waals surface area contributed by atoms with Crippen molar-refractivity contribution in [2.45, 2.75) is 53.9 Å². The van der Waals surface area contributed by atoms with Crippen LogP contribution in [0.15, 0.2) is 12.1 Å². The average Bonchev–Trinajstić information content (AvgIpc) is 2.25. The van der Waals surface area contributed by atoms with Gasteiger partial charge in [0.25, 0.3) is 0 Å². The number of ketones is 1. The molecule has 0 radical (unpaired) electrons. The highest BCUT2D eigenvalue weighted by molar-refractivity contribution is 5.83. The molecule has 0 aliphatic carbocycles. The van der Waals surface area contributed by atoms with Crippen LogP contribution in [0.25, 0.3) is 0 Å². The Hall–Kier alpha value is -1.11. The first kappa shape index (κ1) is 14.0. The largest absolute Gasteiger partial charge is 0.299 e. The number of carbonyl (C=O) groups excluding carboxylic acids is 1. The smallest absolute Gasteiger partial charge is 0.140 e. The molecule has 1 nitrogen and oxygen atoms in total. The van der Waals surface area contributed by atoms with Crippen molar-refractivity contribution in [1.82, 2.24) is 0 Å². The summed E-state index contributed by atoms with van der Waals surface area (Å²) in [5, 5.41) is 0. The third kappa shape index (κ3) is 3.42. The van der Waals surface area contributed by atoms with E-state index in [0.717, 1.165) is 12.8 Å². The number of rotatable bonds is 5. The van der Waals surface area contributed by atoms with Crippen LogP contribution < -0.4 is 0 Å². The Morgan fingerprint density at radius 1 is 1.06 bits per heavy atom. The van der Waals surface area contributed by atoms with Crippen molar-refractivity contribution >= 4 is 5.78 Å². The minimum atomic E-state index is 0.232. The van der Waals surface area contributed by atoms with Gasteiger partial charge in [-0.05, 0) is 50.3 Å². The van der Waals surface area contributed by atoms with E-state index < -0.39 is 0 Å². The third-order valence-electron chi connectivity index (χ3n) is 3.63. The molecule has 0 aliphatic rings. The molecule has 0 aliphatic heterocycles. The lowest BCUT2D eigenvalue weighted by atomic mass is 9.89. The summed E-state index contributed by atoms with van der Waals surface area (Å²) in [6, 6.07) is 4.34. The van der Waals surface area contributed by atoms with E-state index in [-0.39, 0.29) is 5.92 Å². The number of aryl methyl sites for hydroxylation is 3. The highest BCUT2D eigenvalue weighted by atomic mass is 16.1. The van der Waals surface area contributed by atoms with Gasteiger partial charge in [0.1, 0.15) is 5.78 Å². The zero-order valence-corrected chi connectivity index (χ0v) is 11.8. The van der Waals surface area contributed by atoms with Gasteiger partial charge in [-0.2, -0.15) is 0 Å². The fourth-order valence-electron chi connectivity index (χ4n) is 2.55. The fourth-order valence-corrected chi connectivity index (χ4v) is 2.55. The molecule has 0 atom stereocenters. The van der Waals surface area contributed by atoms with E-state index in [1.807, 2.05) is 0 Å². The first-order chi connectivity index (χ1) is 7.99. The Kier molecular flexibility index (Phi) is 4.92. The molecule has 0 bridgehead atoms. The number of Topliss-reactive ketones (excluding diaryl/α,β-unsaturated/α-hetero) is 1. The van der Waals surface area contributed by atoms with Crippen molar-refractivity contribution in [3.8, 4) is 0 Å². The van der Waals surface area contributed by atoms with Crippen LogP contribution in [0.5, 0.6) is 0 Å². The van der Waals surface area contributed by atoms with Crippen LogP contribution in [-0.2, 0) is 11.2 Å². The van der Waals surface area contributed by atoms with Gasteiger partial charge in [0, 0.05) is 12.3 Å². The summed E-state index contributed by atoms with van der Waals surface area (Å²) in [5.41, 5.74) is 5.01. The van der Waals surface area contributed by atoms with E-state index >= 15 is 0 Å². The molecule has 17 heavy (non-hydrogen) atoms. The maximum Gasteiger partial charge on any atom is 0.140 e. The summed E-state index contributed by atoms with van der Waals surface area (Å²) in [6.45, 7) is 10.5. The summed E-state index contributed by atoms with van der Waals surface area (Å²) in [4.78, 5) is 12.2. The molecule has 1 aromatic carbocycles. The van der Waals surface area contributed by atoms with Crippen molar-refractivity contribution < 1.29 is 4.79 Å². The SMILES string of the molecule is CCC(CC)C(=O)Cc1c(C)cc(C)cc1C. The van der Waals surface area contributed by atoms with E-state index in [4.69, 9.17) is 0 Å². The van der Waals surface area contributed by atoms with Crippen molar-refractivity contribution in [3.63, 3.8) is 0 Å². The molecule has 94 valence electrons. The Morgan fingerprint density at radius 3 is 1.94 bits per heavy atom. The minimum Gasteiger partial charge on any atom is -0.299 e. The lowest BCUT2D eigenvalue weighted by Crippen LogP contribution is -2.16. The summed E-state index contributed by atoms with van der Waals surface area (Å²) >= 11 is 0. The molecular weight excluding hydrogens is 208 g/mol. The lowest BCUT2D eigenvalue weighted by molar-refractivity contribution is -0.122. The summed E-state index contributed by atoms with van der Waals surface area (Å²) < 4.78 is 0. The zero-order valence-electron chi connectivity index (χ0n) is 11.8. The van der Waals surface area contributed by atoms with Crippen molar-refractivity contribution in [1.29, 1.82) is 0 Å². The lowest BCUT2D eigenvalue weighted by Gasteiger charge is -2.15. The van der Waals surface area contributed by atoms with Crippen LogP contribution in [0, 0.1) is 26.7 Å². The molecule has 0 amide bonds. The molecular formula is C16H24O. The van der Waals surface area contributed by atoms with Gasteiger partial charge in [-0.1, -0.05) is 31.5 Å². The van der Waals surface area contributed by atoms with Gasteiger partial charge in [0.05, 0.1) is 0 Å². The van der Waals surface area contributed by atoms with Crippen LogP contribution >= 0.6 is 0 Å². The second-order valence-corrected chi connectivity index (χ2v) is 5.03. The van der Waals surface area contributed by atoms with Gasteiger partial charge in [-0.15, -0.1) is 0 Å². The molecule has 0 N–H and O–H groups in total. The van der Waals surface area contributed by atoms with Crippen molar-refractivity contribution in [3.05, 3.63) is 34.4 Å². The minimum absolute atomic E-state index is 0.232. The first-order valence-electron chi connectivity index (χ1n) is 6.59. The van der Waals surface area contributed by atoms with Crippen LogP contribution in [0.1, 0.15) is 48.9 Å². The quantitative estimate of drug-likeness (QED) is 0.745. The average molecular weight is 232 g/mol. The molecule has 1 heteroatoms. The molecule has 0 aromatic heterocycles. The summed E-state index contributed by atoms with van der Waals surface area (Å²) in [7, 11) is 0. The first-order valence-corrected chi connectivity index (χ1v) is 6.59. The van der Waals surface area contributed by atoms with E-state index in [1.54, 1.807) is 0 Å². The van der Waals surface area contributed by atoms with Crippen LogP contribution in [0.2, 0.25) is 0 Å². The van der Waals surface area contributed by atoms with Gasteiger partial charge >= 0.3 is 0 Å². The van der Waals surface area contributed by atoms with Crippen molar-refractivity contribution in [2.75, 3.05) is 0 Å². The molecule has 0 unspecified atom stereocenters. The molecule has 0 spiro atoms. The van der Waals surface area contributed by atoms with Crippen LogP contribution in [0.4, 0.5) is 0 Å². The number of hydrogen-bond acceptors (Lipinski definition) is 1. The molecule has 0 heterocycles. The Morgan fingerprint density at radius 2 is 1.53 bits per heavy atom. The van der Waals surface area contributed by atoms with E-state index in [2.05, 4.69) is 46.8 Å². The maximum absolute atomic E-state index is 12.2. The normalized spacial score (nSPS) is 10.9. The molecule has 1 aromatic rings. The maximum atomic E-state index is 12.2. The van der Waals surface area contributed by atoms with Gasteiger partial charge in [-0.25, -0.2) is 0 Å². The predicted molar refractivity (Wildman–Crippen MR) is 73.4 cm³/mol. The molecule has 0 saturated heterocycles. The Balaban J connectivity index is 2.92. The molecule has 0 fully saturated rings. The van der Waals surface area contributed by atoms with Gasteiger partial charge in [0.2, 0.25) is 0 Å². The number of hydrogen-bond donors (Lipinski definition) is 0. The van der Waals surface area contributed by atoms with E-state index in [1.165, 1.54) is 22.3 Å². The summed E-state index contributed by atoms with van der Waals surface area (Å²) in [5.74, 6) is 0.625. The van der Waals surface area contributed by atoms with Gasteiger partial charge < -0.3 is 0 Å². The standard InChI is InChI=1S/C16H24O/c1-6-14(7-2)16(17)10-15-12(4)8-11(3)9-13(15)5/h8-9,14H,6-7,10H2,1-5H3. The van der Waals surface area contributed by atoms with Gasteiger partial charge in [0.15, 0.2) is 0 Å². The second kappa shape index (κ2) is 6.00. The van der Waals surface area contributed by atoms with Crippen LogP contribution in [0.3, 0.4) is 0 Å². The zero-order chi connectivity index (χ0) is 13.0. The Bertz CT molecular complexity index is 377. The predicted octanol–water partition coefficient (Wildman–Crippen LogP) is 4.16. The van der Waals surface area contributed by atoms with Gasteiger partial charge in [-0.3, -0.25) is 4.79 Å². The molecule has 1 rings (SSSR count). The number of benzene rings is 1. The second-order valence-electron chi connectivity index (χ2n) is 5.03. The Labute approximate surface area is 105 Å². The third-order valence-corrected chi connectivity index (χ3v) is 3.63. The number of carbonyl (C=O) groups is 1. The highest BCUT2D eigenvalue weighted by Gasteiger charge is 2.16. The van der Waals surface area contributed by atoms with Crippen molar-refractivity contribution in [2.24, 2.45) is 5.92 Å². The fraction of sp³-hybridized carbons (Fsp3) is 0.562. The topological polar surface area (TPSA) is 17.1 Å². The van der Waals surface area contributed by atoms with Crippen LogP contribution in [-0.4, -0.2) is 5.78 Å².